The molecule has 0 radical (unpaired) electrons. The molecule has 43 heavy (non-hydrogen) atoms. The first kappa shape index (κ1) is 34.0. The number of hydrogen-bond acceptors (Lipinski definition) is 3. The minimum atomic E-state index is -0.115. The van der Waals surface area contributed by atoms with Gasteiger partial charge in [-0.3, -0.25) is 9.59 Å². The number of carbonyl (C=O) groups is 2. The van der Waals surface area contributed by atoms with Gasteiger partial charge in [0, 0.05) is 22.9 Å². The number of hydrogen-bond donors (Lipinski definition) is 1. The van der Waals surface area contributed by atoms with Crippen LogP contribution in [0.4, 0.5) is 5.69 Å². The summed E-state index contributed by atoms with van der Waals surface area (Å²) in [5.41, 5.74) is 5.80. The Hall–Kier alpha value is -3.47. The minimum absolute atomic E-state index is 0.0517. The molecule has 0 saturated carbocycles. The number of anilines is 1. The molecule has 1 aromatic heterocycles. The number of benzene rings is 2. The molecule has 0 atom stereocenters. The SMILES string of the molecule is CCCCCCCCCCCCCCOc1ccc(CC(=O)Nc2ccc(C[n+]3ccc(C)c(C)c3)cc2)cc1C(C)=O. The fourth-order valence-corrected chi connectivity index (χ4v) is 5.34. The van der Waals surface area contributed by atoms with Gasteiger partial charge in [0.1, 0.15) is 5.75 Å². The fourth-order valence-electron chi connectivity index (χ4n) is 5.34. The molecule has 1 N–H and O–H groups in total. The van der Waals surface area contributed by atoms with Crippen LogP contribution in [-0.4, -0.2) is 18.3 Å². The molecule has 0 aliphatic heterocycles. The normalized spacial score (nSPS) is 11.0. The van der Waals surface area contributed by atoms with E-state index >= 15 is 0 Å². The Kier molecular flexibility index (Phi) is 15.0. The van der Waals surface area contributed by atoms with Gasteiger partial charge in [-0.25, -0.2) is 4.57 Å². The Morgan fingerprint density at radius 3 is 1.95 bits per heavy atom. The number of rotatable bonds is 20. The summed E-state index contributed by atoms with van der Waals surface area (Å²) in [6.07, 6.45) is 20.0. The van der Waals surface area contributed by atoms with Crippen molar-refractivity contribution in [2.45, 2.75) is 118 Å². The van der Waals surface area contributed by atoms with E-state index in [1.807, 2.05) is 36.4 Å². The largest absolute Gasteiger partial charge is 0.493 e. The molecule has 0 aliphatic rings. The van der Waals surface area contributed by atoms with Gasteiger partial charge >= 0.3 is 0 Å². The number of ether oxygens (including phenoxy) is 1. The first-order chi connectivity index (χ1) is 20.9. The number of Topliss-reactive ketones (excluding diaryl/α,β-unsaturated/α-hetero) is 1. The second-order valence-corrected chi connectivity index (χ2v) is 12.0. The van der Waals surface area contributed by atoms with Crippen molar-refractivity contribution in [1.82, 2.24) is 0 Å². The Morgan fingerprint density at radius 2 is 1.35 bits per heavy atom. The number of nitrogens with zero attached hydrogens (tertiary/aromatic N) is 1. The first-order valence-electron chi connectivity index (χ1n) is 16.5. The quantitative estimate of drug-likeness (QED) is 0.0817. The Balaban J connectivity index is 1.37. The Morgan fingerprint density at radius 1 is 0.744 bits per heavy atom. The highest BCUT2D eigenvalue weighted by Crippen LogP contribution is 2.22. The van der Waals surface area contributed by atoms with Gasteiger partial charge in [-0.1, -0.05) is 95.8 Å². The number of carbonyl (C=O) groups excluding carboxylic acids is 2. The van der Waals surface area contributed by atoms with Crippen LogP contribution in [0.1, 0.15) is 124 Å². The van der Waals surface area contributed by atoms with Gasteiger partial charge in [-0.15, -0.1) is 0 Å². The van der Waals surface area contributed by atoms with E-state index in [2.05, 4.69) is 49.1 Å². The summed E-state index contributed by atoms with van der Waals surface area (Å²) in [4.78, 5) is 25.1. The Bertz CT molecular complexity index is 1280. The van der Waals surface area contributed by atoms with E-state index in [0.717, 1.165) is 36.2 Å². The zero-order chi connectivity index (χ0) is 30.9. The summed E-state index contributed by atoms with van der Waals surface area (Å²) in [6, 6.07) is 15.6. The van der Waals surface area contributed by atoms with Crippen molar-refractivity contribution in [2.24, 2.45) is 0 Å². The molecule has 0 unspecified atom stereocenters. The summed E-state index contributed by atoms with van der Waals surface area (Å²) in [5, 5.41) is 2.98. The van der Waals surface area contributed by atoms with Gasteiger partial charge in [0.25, 0.3) is 0 Å². The zero-order valence-corrected chi connectivity index (χ0v) is 27.1. The van der Waals surface area contributed by atoms with Crippen LogP contribution in [0.25, 0.3) is 0 Å². The molecule has 0 saturated heterocycles. The predicted octanol–water partition coefficient (Wildman–Crippen LogP) is 9.10. The molecule has 5 nitrogen and oxygen atoms in total. The lowest BCUT2D eigenvalue weighted by Crippen LogP contribution is -2.33. The molecule has 3 aromatic rings. The maximum atomic E-state index is 12.8. The second kappa shape index (κ2) is 18.9. The van der Waals surface area contributed by atoms with E-state index in [1.54, 1.807) is 13.0 Å². The molecule has 3 rings (SSSR count). The zero-order valence-electron chi connectivity index (χ0n) is 27.1. The number of aromatic nitrogens is 1. The number of pyridine rings is 1. The van der Waals surface area contributed by atoms with Crippen LogP contribution < -0.4 is 14.6 Å². The highest BCUT2D eigenvalue weighted by Gasteiger charge is 2.13. The summed E-state index contributed by atoms with van der Waals surface area (Å²) >= 11 is 0. The topological polar surface area (TPSA) is 59.3 Å². The predicted molar refractivity (Wildman–Crippen MR) is 177 cm³/mol. The van der Waals surface area contributed by atoms with E-state index in [9.17, 15) is 9.59 Å². The van der Waals surface area contributed by atoms with Crippen LogP contribution in [0, 0.1) is 13.8 Å². The number of amides is 1. The van der Waals surface area contributed by atoms with Crippen molar-refractivity contribution in [3.63, 3.8) is 0 Å². The summed E-state index contributed by atoms with van der Waals surface area (Å²) in [5.74, 6) is 0.442. The van der Waals surface area contributed by atoms with Gasteiger partial charge in [0.05, 0.1) is 18.6 Å². The number of ketones is 1. The van der Waals surface area contributed by atoms with Gasteiger partial charge in [0.15, 0.2) is 24.7 Å². The number of aryl methyl sites for hydroxylation is 2. The summed E-state index contributed by atoms with van der Waals surface area (Å²) < 4.78 is 8.15. The molecule has 5 heteroatoms. The van der Waals surface area contributed by atoms with Crippen LogP contribution in [-0.2, 0) is 17.8 Å². The molecule has 0 fully saturated rings. The maximum Gasteiger partial charge on any atom is 0.228 e. The molecule has 2 aromatic carbocycles. The fraction of sp³-hybridized carbons (Fsp3) is 0.500. The van der Waals surface area contributed by atoms with Crippen molar-refractivity contribution in [3.05, 3.63) is 88.7 Å². The van der Waals surface area contributed by atoms with Crippen LogP contribution in [0.2, 0.25) is 0 Å². The molecule has 0 spiro atoms. The monoisotopic (exact) mass is 585 g/mol. The maximum absolute atomic E-state index is 12.8. The van der Waals surface area contributed by atoms with E-state index in [0.29, 0.717) is 17.9 Å². The lowest BCUT2D eigenvalue weighted by Gasteiger charge is -2.12. The minimum Gasteiger partial charge on any atom is -0.493 e. The van der Waals surface area contributed by atoms with Gasteiger partial charge in [-0.2, -0.15) is 0 Å². The van der Waals surface area contributed by atoms with Crippen molar-refractivity contribution in [3.8, 4) is 5.75 Å². The molecule has 232 valence electrons. The van der Waals surface area contributed by atoms with Crippen LogP contribution >= 0.6 is 0 Å². The standard InChI is InChI=1S/C38H52N2O3/c1-5-6-7-8-9-10-11-12-13-14-15-16-25-43-37-22-19-34(26-36(37)32(4)41)27-38(42)39-35-20-17-33(18-21-35)29-40-24-23-30(2)31(3)28-40/h17-24,26,28H,5-16,25,27,29H2,1-4H3/p+1. The average molecular weight is 586 g/mol. The molecular formula is C38H53N2O3+. The highest BCUT2D eigenvalue weighted by molar-refractivity contribution is 5.98. The van der Waals surface area contributed by atoms with E-state index < -0.39 is 0 Å². The summed E-state index contributed by atoms with van der Waals surface area (Å²) in [6.45, 7) is 9.42. The summed E-state index contributed by atoms with van der Waals surface area (Å²) in [7, 11) is 0. The average Bonchev–Trinajstić information content (AvgIpc) is 2.99. The number of unbranched alkanes of at least 4 members (excludes halogenated alkanes) is 11. The van der Waals surface area contributed by atoms with Crippen molar-refractivity contribution >= 4 is 17.4 Å². The lowest BCUT2D eigenvalue weighted by molar-refractivity contribution is -0.688. The molecule has 0 aliphatic carbocycles. The molecular weight excluding hydrogens is 532 g/mol. The second-order valence-electron chi connectivity index (χ2n) is 12.0. The molecule has 0 bridgehead atoms. The third kappa shape index (κ3) is 12.7. The van der Waals surface area contributed by atoms with E-state index in [4.69, 9.17) is 4.74 Å². The van der Waals surface area contributed by atoms with Gasteiger partial charge in [0.2, 0.25) is 5.91 Å². The lowest BCUT2D eigenvalue weighted by atomic mass is 10.0. The smallest absolute Gasteiger partial charge is 0.228 e. The first-order valence-corrected chi connectivity index (χ1v) is 16.5. The van der Waals surface area contributed by atoms with Crippen LogP contribution in [0.3, 0.4) is 0 Å². The number of nitrogens with one attached hydrogen (secondary N) is 1. The third-order valence-electron chi connectivity index (χ3n) is 8.14. The Labute approximate surface area is 260 Å². The molecule has 1 heterocycles. The molecule has 1 amide bonds. The van der Waals surface area contributed by atoms with Gasteiger partial charge < -0.3 is 10.1 Å². The van der Waals surface area contributed by atoms with Gasteiger partial charge in [-0.05, 0) is 62.6 Å². The van der Waals surface area contributed by atoms with E-state index in [-0.39, 0.29) is 18.1 Å². The van der Waals surface area contributed by atoms with Crippen molar-refractivity contribution < 1.29 is 18.9 Å². The highest BCUT2D eigenvalue weighted by atomic mass is 16.5. The van der Waals surface area contributed by atoms with E-state index in [1.165, 1.54) is 75.3 Å². The van der Waals surface area contributed by atoms with Crippen LogP contribution in [0.15, 0.2) is 60.9 Å². The third-order valence-corrected chi connectivity index (χ3v) is 8.14. The van der Waals surface area contributed by atoms with Crippen LogP contribution in [0.5, 0.6) is 5.75 Å². The van der Waals surface area contributed by atoms with Crippen molar-refractivity contribution in [2.75, 3.05) is 11.9 Å². The van der Waals surface area contributed by atoms with Crippen molar-refractivity contribution in [1.29, 1.82) is 0 Å².